The van der Waals surface area contributed by atoms with Crippen LogP contribution in [0.3, 0.4) is 0 Å². The van der Waals surface area contributed by atoms with Crippen LogP contribution in [0.5, 0.6) is 0 Å². The topological polar surface area (TPSA) is 47.2 Å². The van der Waals surface area contributed by atoms with E-state index in [0.717, 1.165) is 10.1 Å². The molecule has 0 radical (unpaired) electrons. The van der Waals surface area contributed by atoms with Crippen LogP contribution in [0.1, 0.15) is 11.1 Å². The maximum atomic E-state index is 12.8. The highest BCUT2D eigenvalue weighted by Crippen LogP contribution is 2.11. The van der Waals surface area contributed by atoms with E-state index in [-0.39, 0.29) is 11.2 Å². The lowest BCUT2D eigenvalue weighted by molar-refractivity contribution is 0.0669. The van der Waals surface area contributed by atoms with Crippen molar-refractivity contribution in [1.82, 2.24) is 14.0 Å². The summed E-state index contributed by atoms with van der Waals surface area (Å²) in [5.74, 6) is 0. The van der Waals surface area contributed by atoms with Gasteiger partial charge in [-0.25, -0.2) is 9.18 Å². The summed E-state index contributed by atoms with van der Waals surface area (Å²) in [6.45, 7) is 1.93. The van der Waals surface area contributed by atoms with Crippen LogP contribution in [0.25, 0.3) is 0 Å². The van der Waals surface area contributed by atoms with E-state index in [9.17, 15) is 14.0 Å². The van der Waals surface area contributed by atoms with Crippen LogP contribution < -0.4 is 11.2 Å². The summed E-state index contributed by atoms with van der Waals surface area (Å²) < 4.78 is 15.5. The molecule has 1 aliphatic heterocycles. The Morgan fingerprint density at radius 3 is 2.52 bits per heavy atom. The predicted molar refractivity (Wildman–Crippen MR) is 86.5 cm³/mol. The molecular formula is C17H20FN3O2. The highest BCUT2D eigenvalue weighted by Gasteiger charge is 2.25. The molecular weight excluding hydrogens is 297 g/mol. The SMILES string of the molecule is Cn1c(=O)c(CCN2CC(F)C2)cn(Cc2ccccc2)c1=O. The second kappa shape index (κ2) is 6.50. The molecule has 0 unspecified atom stereocenters. The summed E-state index contributed by atoms with van der Waals surface area (Å²) in [6.07, 6.45) is 1.42. The predicted octanol–water partition coefficient (Wildman–Crippen LogP) is 0.791. The van der Waals surface area contributed by atoms with Crippen molar-refractivity contribution >= 4 is 0 Å². The number of aromatic nitrogens is 2. The van der Waals surface area contributed by atoms with Crippen LogP contribution in [0.4, 0.5) is 4.39 Å². The van der Waals surface area contributed by atoms with Crippen molar-refractivity contribution in [2.75, 3.05) is 19.6 Å². The Balaban J connectivity index is 1.82. The van der Waals surface area contributed by atoms with E-state index in [4.69, 9.17) is 0 Å². The van der Waals surface area contributed by atoms with Crippen LogP contribution in [-0.2, 0) is 20.0 Å². The Bertz CT molecular complexity index is 792. The van der Waals surface area contributed by atoms with Gasteiger partial charge in [-0.2, -0.15) is 0 Å². The largest absolute Gasteiger partial charge is 0.331 e. The molecule has 2 heterocycles. The minimum atomic E-state index is -0.745. The molecule has 1 aromatic carbocycles. The molecule has 1 saturated heterocycles. The zero-order valence-corrected chi connectivity index (χ0v) is 13.1. The zero-order chi connectivity index (χ0) is 16.4. The summed E-state index contributed by atoms with van der Waals surface area (Å²) in [4.78, 5) is 26.5. The van der Waals surface area contributed by atoms with Crippen LogP contribution in [-0.4, -0.2) is 39.8 Å². The van der Waals surface area contributed by atoms with E-state index in [0.29, 0.717) is 38.2 Å². The normalized spacial score (nSPS) is 15.6. The molecule has 1 aliphatic rings. The Hall–Kier alpha value is -2.21. The molecule has 0 aliphatic carbocycles. The summed E-state index contributed by atoms with van der Waals surface area (Å²) in [5, 5.41) is 0. The molecule has 0 saturated carbocycles. The van der Waals surface area contributed by atoms with Gasteiger partial charge < -0.3 is 0 Å². The fourth-order valence-corrected chi connectivity index (χ4v) is 2.83. The van der Waals surface area contributed by atoms with Gasteiger partial charge in [-0.05, 0) is 12.0 Å². The first kappa shape index (κ1) is 15.7. The van der Waals surface area contributed by atoms with Crippen LogP contribution in [0, 0.1) is 0 Å². The number of likely N-dealkylation sites (tertiary alicyclic amines) is 1. The van der Waals surface area contributed by atoms with Crippen LogP contribution in [0.15, 0.2) is 46.1 Å². The summed E-state index contributed by atoms with van der Waals surface area (Å²) >= 11 is 0. The number of rotatable bonds is 5. The fraction of sp³-hybridized carbons (Fsp3) is 0.412. The number of hydrogen-bond acceptors (Lipinski definition) is 3. The van der Waals surface area contributed by atoms with Crippen LogP contribution in [0.2, 0.25) is 0 Å². The molecule has 0 atom stereocenters. The third-order valence-electron chi connectivity index (χ3n) is 4.23. The standard InChI is InChI=1S/C17H20FN3O2/c1-19-16(22)14(7-8-20-11-15(18)12-20)10-21(17(19)23)9-13-5-3-2-4-6-13/h2-6,10,15H,7-9,11-12H2,1H3. The first-order valence-corrected chi connectivity index (χ1v) is 7.74. The van der Waals surface area contributed by atoms with E-state index >= 15 is 0 Å². The van der Waals surface area contributed by atoms with Gasteiger partial charge in [-0.15, -0.1) is 0 Å². The molecule has 3 rings (SSSR count). The molecule has 0 N–H and O–H groups in total. The van der Waals surface area contributed by atoms with E-state index in [1.807, 2.05) is 35.2 Å². The fourth-order valence-electron chi connectivity index (χ4n) is 2.83. The second-order valence-corrected chi connectivity index (χ2v) is 6.02. The minimum Gasteiger partial charge on any atom is -0.297 e. The van der Waals surface area contributed by atoms with Crippen molar-refractivity contribution in [1.29, 1.82) is 0 Å². The van der Waals surface area contributed by atoms with Crippen molar-refractivity contribution in [3.05, 3.63) is 68.5 Å². The first-order valence-electron chi connectivity index (χ1n) is 7.74. The van der Waals surface area contributed by atoms with E-state index < -0.39 is 6.17 Å². The van der Waals surface area contributed by atoms with Gasteiger partial charge >= 0.3 is 5.69 Å². The maximum absolute atomic E-state index is 12.8. The number of halogens is 1. The monoisotopic (exact) mass is 317 g/mol. The summed E-state index contributed by atoms with van der Waals surface area (Å²) in [5.41, 5.74) is 1.000. The molecule has 6 heteroatoms. The van der Waals surface area contributed by atoms with Crippen molar-refractivity contribution < 1.29 is 4.39 Å². The van der Waals surface area contributed by atoms with Crippen molar-refractivity contribution in [2.45, 2.75) is 19.1 Å². The molecule has 0 spiro atoms. The third kappa shape index (κ3) is 3.42. The van der Waals surface area contributed by atoms with Gasteiger partial charge in [0.2, 0.25) is 0 Å². The maximum Gasteiger partial charge on any atom is 0.331 e. The number of benzene rings is 1. The number of alkyl halides is 1. The van der Waals surface area contributed by atoms with Gasteiger partial charge in [0.05, 0.1) is 6.54 Å². The smallest absolute Gasteiger partial charge is 0.297 e. The van der Waals surface area contributed by atoms with Gasteiger partial charge in [-0.1, -0.05) is 30.3 Å². The lowest BCUT2D eigenvalue weighted by Gasteiger charge is -2.34. The van der Waals surface area contributed by atoms with E-state index in [1.165, 1.54) is 7.05 Å². The molecule has 1 aromatic heterocycles. The average Bonchev–Trinajstić information content (AvgIpc) is 2.53. The van der Waals surface area contributed by atoms with Crippen molar-refractivity contribution in [3.63, 3.8) is 0 Å². The van der Waals surface area contributed by atoms with Gasteiger partial charge in [-0.3, -0.25) is 18.8 Å². The minimum absolute atomic E-state index is 0.267. The quantitative estimate of drug-likeness (QED) is 0.819. The Kier molecular flexibility index (Phi) is 4.43. The molecule has 0 bridgehead atoms. The summed E-state index contributed by atoms with van der Waals surface area (Å²) in [6, 6.07) is 9.64. The highest BCUT2D eigenvalue weighted by atomic mass is 19.1. The lowest BCUT2D eigenvalue weighted by Crippen LogP contribution is -2.49. The third-order valence-corrected chi connectivity index (χ3v) is 4.23. The first-order chi connectivity index (χ1) is 11.0. The van der Waals surface area contributed by atoms with Crippen molar-refractivity contribution in [3.8, 4) is 0 Å². The van der Waals surface area contributed by atoms with Crippen molar-refractivity contribution in [2.24, 2.45) is 7.05 Å². The second-order valence-electron chi connectivity index (χ2n) is 6.02. The Morgan fingerprint density at radius 2 is 1.87 bits per heavy atom. The zero-order valence-electron chi connectivity index (χ0n) is 13.1. The Labute approximate surface area is 133 Å². The van der Waals surface area contributed by atoms with E-state index in [1.54, 1.807) is 10.8 Å². The van der Waals surface area contributed by atoms with Gasteiger partial charge in [0.25, 0.3) is 5.56 Å². The molecule has 122 valence electrons. The molecule has 23 heavy (non-hydrogen) atoms. The lowest BCUT2D eigenvalue weighted by atomic mass is 10.1. The molecule has 0 amide bonds. The van der Waals surface area contributed by atoms with Crippen LogP contribution >= 0.6 is 0 Å². The van der Waals surface area contributed by atoms with E-state index in [2.05, 4.69) is 0 Å². The highest BCUT2D eigenvalue weighted by molar-refractivity contribution is 5.16. The number of hydrogen-bond donors (Lipinski definition) is 0. The molecule has 2 aromatic rings. The molecule has 5 nitrogen and oxygen atoms in total. The summed E-state index contributed by atoms with van der Waals surface area (Å²) in [7, 11) is 1.50. The van der Waals surface area contributed by atoms with Gasteiger partial charge in [0.15, 0.2) is 0 Å². The number of nitrogens with zero attached hydrogens (tertiary/aromatic N) is 3. The van der Waals surface area contributed by atoms with Gasteiger partial charge in [0.1, 0.15) is 6.17 Å². The molecule has 1 fully saturated rings. The van der Waals surface area contributed by atoms with Gasteiger partial charge in [0, 0.05) is 38.4 Å². The average molecular weight is 317 g/mol. The Morgan fingerprint density at radius 1 is 1.17 bits per heavy atom.